The molecule has 128 valence electrons. The molecule has 0 unspecified atom stereocenters. The number of nitrogens with zero attached hydrogens (tertiary/aromatic N) is 1. The van der Waals surface area contributed by atoms with Gasteiger partial charge in [-0.1, -0.05) is 67.9 Å². The normalized spacial score (nSPS) is 15.3. The Morgan fingerprint density at radius 3 is 2.24 bits per heavy atom. The Labute approximate surface area is 155 Å². The average molecular weight is 350 g/mol. The van der Waals surface area contributed by atoms with Gasteiger partial charge in [-0.05, 0) is 47.9 Å². The van der Waals surface area contributed by atoms with Gasteiger partial charge in [-0.25, -0.2) is 0 Å². The maximum atomic E-state index is 6.10. The number of rotatable bonds is 4. The van der Waals surface area contributed by atoms with Gasteiger partial charge in [0, 0.05) is 34.6 Å². The van der Waals surface area contributed by atoms with E-state index < -0.39 is 0 Å². The third-order valence-corrected chi connectivity index (χ3v) is 6.21. The van der Waals surface area contributed by atoms with E-state index in [1.165, 1.54) is 40.8 Å². The van der Waals surface area contributed by atoms with E-state index in [1.807, 2.05) is 12.1 Å². The van der Waals surface area contributed by atoms with Crippen LogP contribution in [0.3, 0.4) is 0 Å². The van der Waals surface area contributed by atoms with Gasteiger partial charge >= 0.3 is 0 Å². The van der Waals surface area contributed by atoms with Gasteiger partial charge in [-0.2, -0.15) is 0 Å². The Kier molecular flexibility index (Phi) is 4.21. The molecule has 0 spiro atoms. The molecule has 1 aliphatic rings. The summed E-state index contributed by atoms with van der Waals surface area (Å²) in [4.78, 5) is 0. The molecule has 2 heterocycles. The van der Waals surface area contributed by atoms with Gasteiger partial charge in [0.25, 0.3) is 0 Å². The van der Waals surface area contributed by atoms with Gasteiger partial charge in [-0.15, -0.1) is 0 Å². The van der Waals surface area contributed by atoms with Gasteiger partial charge in [0.15, 0.2) is 0 Å². The Morgan fingerprint density at radius 2 is 1.60 bits per heavy atom. The minimum atomic E-state index is 0.414. The minimum Gasteiger partial charge on any atom is -0.350 e. The van der Waals surface area contributed by atoms with Crippen molar-refractivity contribution in [2.24, 2.45) is 5.41 Å². The molecule has 0 saturated carbocycles. The first-order chi connectivity index (χ1) is 12.2. The van der Waals surface area contributed by atoms with Gasteiger partial charge in [0.05, 0.1) is 0 Å². The van der Waals surface area contributed by atoms with E-state index >= 15 is 0 Å². The Morgan fingerprint density at radius 1 is 0.920 bits per heavy atom. The monoisotopic (exact) mass is 349 g/mol. The van der Waals surface area contributed by atoms with E-state index in [2.05, 4.69) is 67.1 Å². The number of benzene rings is 2. The molecule has 25 heavy (non-hydrogen) atoms. The maximum Gasteiger partial charge on any atom is 0.0406 e. The van der Waals surface area contributed by atoms with Crippen LogP contribution in [0, 0.1) is 5.41 Å². The molecule has 2 heteroatoms. The summed E-state index contributed by atoms with van der Waals surface area (Å²) in [6.07, 6.45) is 5.98. The highest BCUT2D eigenvalue weighted by Crippen LogP contribution is 2.46. The van der Waals surface area contributed by atoms with Gasteiger partial charge in [0.2, 0.25) is 0 Å². The molecule has 1 aliphatic heterocycles. The van der Waals surface area contributed by atoms with Crippen molar-refractivity contribution in [1.29, 1.82) is 0 Å². The standard InChI is InChI=1S/C23H24ClN/c1-3-23(4-2)14-21-22(18-8-6-5-7-9-18)20(15-25(21)16-23)17-10-12-19(24)13-11-17/h5-13,15H,3-4,14,16H2,1-2H3. The van der Waals surface area contributed by atoms with Gasteiger partial charge in [-0.3, -0.25) is 0 Å². The van der Waals surface area contributed by atoms with E-state index in [-0.39, 0.29) is 0 Å². The van der Waals surface area contributed by atoms with Crippen molar-refractivity contribution in [2.75, 3.05) is 0 Å². The second-order valence-electron chi connectivity index (χ2n) is 7.25. The highest BCUT2D eigenvalue weighted by atomic mass is 35.5. The van der Waals surface area contributed by atoms with E-state index in [9.17, 15) is 0 Å². The molecule has 1 nitrogen and oxygen atoms in total. The highest BCUT2D eigenvalue weighted by Gasteiger charge is 2.37. The molecule has 0 N–H and O–H groups in total. The van der Waals surface area contributed by atoms with Crippen LogP contribution in [-0.2, 0) is 13.0 Å². The summed E-state index contributed by atoms with van der Waals surface area (Å²) in [5.74, 6) is 0. The van der Waals surface area contributed by atoms with Gasteiger partial charge in [0.1, 0.15) is 0 Å². The average Bonchev–Trinajstić information content (AvgIpc) is 3.18. The van der Waals surface area contributed by atoms with Crippen molar-refractivity contribution in [3.05, 3.63) is 71.5 Å². The van der Waals surface area contributed by atoms with E-state index in [0.717, 1.165) is 18.0 Å². The van der Waals surface area contributed by atoms with Crippen LogP contribution in [0.5, 0.6) is 0 Å². The molecule has 0 bridgehead atoms. The second-order valence-corrected chi connectivity index (χ2v) is 7.69. The predicted molar refractivity (Wildman–Crippen MR) is 107 cm³/mol. The van der Waals surface area contributed by atoms with Crippen LogP contribution in [-0.4, -0.2) is 4.57 Å². The predicted octanol–water partition coefficient (Wildman–Crippen LogP) is 6.84. The fraction of sp³-hybridized carbons (Fsp3) is 0.304. The molecule has 2 aromatic carbocycles. The highest BCUT2D eigenvalue weighted by molar-refractivity contribution is 6.30. The lowest BCUT2D eigenvalue weighted by Gasteiger charge is -2.25. The summed E-state index contributed by atoms with van der Waals surface area (Å²) in [6, 6.07) is 19.0. The summed E-state index contributed by atoms with van der Waals surface area (Å²) in [5, 5.41) is 0.785. The van der Waals surface area contributed by atoms with Crippen molar-refractivity contribution < 1.29 is 0 Å². The first-order valence-corrected chi connectivity index (χ1v) is 9.57. The summed E-state index contributed by atoms with van der Waals surface area (Å²) < 4.78 is 2.50. The van der Waals surface area contributed by atoms with Crippen molar-refractivity contribution in [3.8, 4) is 22.3 Å². The van der Waals surface area contributed by atoms with Crippen LogP contribution in [0.15, 0.2) is 60.8 Å². The van der Waals surface area contributed by atoms with Crippen LogP contribution < -0.4 is 0 Å². The molecule has 1 aromatic heterocycles. The Bertz CT molecular complexity index is 870. The molecular weight excluding hydrogens is 326 g/mol. The summed E-state index contributed by atoms with van der Waals surface area (Å²) in [7, 11) is 0. The third kappa shape index (κ3) is 2.81. The SMILES string of the molecule is CCC1(CC)Cc2c(-c3ccccc3)c(-c3ccc(Cl)cc3)cn2C1. The molecule has 4 rings (SSSR count). The number of fused-ring (bicyclic) bond motifs is 1. The summed E-state index contributed by atoms with van der Waals surface area (Å²) >= 11 is 6.10. The lowest BCUT2D eigenvalue weighted by Crippen LogP contribution is -2.20. The summed E-state index contributed by atoms with van der Waals surface area (Å²) in [6.45, 7) is 5.79. The molecule has 0 radical (unpaired) electrons. The zero-order valence-corrected chi connectivity index (χ0v) is 15.7. The van der Waals surface area contributed by atoms with Crippen LogP contribution in [0.2, 0.25) is 5.02 Å². The number of halogens is 1. The maximum absolute atomic E-state index is 6.10. The van der Waals surface area contributed by atoms with E-state index in [4.69, 9.17) is 11.6 Å². The first-order valence-electron chi connectivity index (χ1n) is 9.19. The topological polar surface area (TPSA) is 4.93 Å². The van der Waals surface area contributed by atoms with Crippen LogP contribution in [0.25, 0.3) is 22.3 Å². The number of aromatic nitrogens is 1. The molecule has 0 fully saturated rings. The van der Waals surface area contributed by atoms with Crippen molar-refractivity contribution in [3.63, 3.8) is 0 Å². The molecule has 0 aliphatic carbocycles. The zero-order chi connectivity index (χ0) is 17.4. The lowest BCUT2D eigenvalue weighted by molar-refractivity contribution is 0.257. The zero-order valence-electron chi connectivity index (χ0n) is 14.9. The number of hydrogen-bond donors (Lipinski definition) is 0. The van der Waals surface area contributed by atoms with E-state index in [1.54, 1.807) is 0 Å². The lowest BCUT2D eigenvalue weighted by atomic mass is 9.79. The fourth-order valence-electron chi connectivity index (χ4n) is 4.20. The minimum absolute atomic E-state index is 0.414. The smallest absolute Gasteiger partial charge is 0.0406 e. The van der Waals surface area contributed by atoms with Crippen LogP contribution in [0.4, 0.5) is 0 Å². The van der Waals surface area contributed by atoms with Gasteiger partial charge < -0.3 is 4.57 Å². The Hall–Kier alpha value is -1.99. The largest absolute Gasteiger partial charge is 0.350 e. The van der Waals surface area contributed by atoms with Crippen molar-refractivity contribution in [1.82, 2.24) is 4.57 Å². The molecular formula is C23H24ClN. The Balaban J connectivity index is 1.89. The van der Waals surface area contributed by atoms with E-state index in [0.29, 0.717) is 5.41 Å². The fourth-order valence-corrected chi connectivity index (χ4v) is 4.33. The molecule has 0 saturated heterocycles. The van der Waals surface area contributed by atoms with Crippen LogP contribution >= 0.6 is 11.6 Å². The molecule has 0 amide bonds. The summed E-state index contributed by atoms with van der Waals surface area (Å²) in [5.41, 5.74) is 7.16. The van der Waals surface area contributed by atoms with Crippen molar-refractivity contribution in [2.45, 2.75) is 39.7 Å². The second kappa shape index (κ2) is 6.38. The number of hydrogen-bond acceptors (Lipinski definition) is 0. The third-order valence-electron chi connectivity index (χ3n) is 5.96. The van der Waals surface area contributed by atoms with Crippen LogP contribution in [0.1, 0.15) is 32.4 Å². The first kappa shape index (κ1) is 16.5. The molecule has 3 aromatic rings. The molecule has 0 atom stereocenters. The quantitative estimate of drug-likeness (QED) is 0.486. The van der Waals surface area contributed by atoms with Crippen molar-refractivity contribution >= 4 is 11.6 Å².